The summed E-state index contributed by atoms with van der Waals surface area (Å²) < 4.78 is 5.06. The number of hydrogen-bond acceptors (Lipinski definition) is 3. The summed E-state index contributed by atoms with van der Waals surface area (Å²) in [6, 6.07) is 52.3. The van der Waals surface area contributed by atoms with Crippen LogP contribution in [0.25, 0.3) is 53.4 Å². The van der Waals surface area contributed by atoms with E-state index in [1.165, 1.54) is 47.5 Å². The maximum absolute atomic E-state index is 5.33. The molecule has 3 nitrogen and oxygen atoms in total. The van der Waals surface area contributed by atoms with E-state index in [0.29, 0.717) is 0 Å². The summed E-state index contributed by atoms with van der Waals surface area (Å²) in [5, 5.41) is 5.17. The summed E-state index contributed by atoms with van der Waals surface area (Å²) in [6.07, 6.45) is 2.29. The van der Waals surface area contributed by atoms with Gasteiger partial charge in [-0.3, -0.25) is 0 Å². The summed E-state index contributed by atoms with van der Waals surface area (Å²) in [4.78, 5) is 7.64. The Hall–Kier alpha value is -5.45. The minimum Gasteiger partial charge on any atom is -0.349 e. The predicted octanol–water partition coefficient (Wildman–Crippen LogP) is 10.6. The van der Waals surface area contributed by atoms with Gasteiger partial charge < -0.3 is 9.47 Å². The molecule has 0 saturated carbocycles. The number of para-hydroxylation sites is 1. The maximum Gasteiger partial charge on any atom is 0.137 e. The highest BCUT2D eigenvalue weighted by Gasteiger charge is 2.26. The summed E-state index contributed by atoms with van der Waals surface area (Å²) in [5.41, 5.74) is 8.05. The van der Waals surface area contributed by atoms with Crippen molar-refractivity contribution < 1.29 is 0 Å². The molecule has 0 amide bonds. The minimum absolute atomic E-state index is 0.0598. The van der Waals surface area contributed by atoms with Crippen LogP contribution in [-0.4, -0.2) is 22.4 Å². The highest BCUT2D eigenvalue weighted by Crippen LogP contribution is 2.44. The molecule has 0 spiro atoms. The first-order valence-electron chi connectivity index (χ1n) is 15.3. The van der Waals surface area contributed by atoms with Crippen molar-refractivity contribution in [2.75, 3.05) is 7.05 Å². The SMILES string of the molecule is CN1C(c2ccc3c(c2)c2c4sc5ccccc5c4ccc2n3-c2ccccc2)=NC(c2ccccc2)=CC1c1ccccc1. The van der Waals surface area contributed by atoms with E-state index in [1.807, 2.05) is 11.3 Å². The molecule has 0 aliphatic carbocycles. The van der Waals surface area contributed by atoms with Crippen LogP contribution in [0.2, 0.25) is 0 Å². The first-order chi connectivity index (χ1) is 22.2. The lowest BCUT2D eigenvalue weighted by Gasteiger charge is -2.33. The van der Waals surface area contributed by atoms with E-state index in [9.17, 15) is 0 Å². The molecule has 0 N–H and O–H groups in total. The number of rotatable bonds is 4. The molecule has 1 aliphatic rings. The van der Waals surface area contributed by atoms with Crippen molar-refractivity contribution >= 4 is 64.8 Å². The molecule has 1 aliphatic heterocycles. The van der Waals surface area contributed by atoms with Crippen LogP contribution < -0.4 is 0 Å². The first kappa shape index (κ1) is 26.0. The fourth-order valence-corrected chi connectivity index (χ4v) is 8.17. The number of hydrogen-bond donors (Lipinski definition) is 0. The maximum atomic E-state index is 5.33. The largest absolute Gasteiger partial charge is 0.349 e. The lowest BCUT2D eigenvalue weighted by Crippen LogP contribution is -2.33. The fourth-order valence-electron chi connectivity index (χ4n) is 6.91. The summed E-state index contributed by atoms with van der Waals surface area (Å²) >= 11 is 1.89. The smallest absolute Gasteiger partial charge is 0.137 e. The Balaban J connectivity index is 1.32. The van der Waals surface area contributed by atoms with Gasteiger partial charge in [-0.2, -0.15) is 0 Å². The van der Waals surface area contributed by atoms with Gasteiger partial charge in [-0.1, -0.05) is 103 Å². The van der Waals surface area contributed by atoms with E-state index in [-0.39, 0.29) is 6.04 Å². The standard InChI is InChI=1S/C41H29N3S/c1-43-37(28-15-7-3-8-16-28)26-34(27-13-5-2-6-14-27)42-41(43)29-21-23-35-33(25-29)39-36(44(35)30-17-9-4-10-18-30)24-22-32-31-19-11-12-20-38(31)45-40(32)39/h2-26,37H,1H3. The van der Waals surface area contributed by atoms with Crippen LogP contribution >= 0.6 is 11.3 Å². The summed E-state index contributed by atoms with van der Waals surface area (Å²) in [5.74, 6) is 0.969. The van der Waals surface area contributed by atoms with Crippen LogP contribution in [-0.2, 0) is 0 Å². The van der Waals surface area contributed by atoms with Crippen LogP contribution in [0.15, 0.2) is 157 Å². The molecule has 2 aromatic heterocycles. The zero-order chi connectivity index (χ0) is 29.9. The minimum atomic E-state index is 0.0598. The highest BCUT2D eigenvalue weighted by atomic mass is 32.1. The molecule has 1 atom stereocenters. The van der Waals surface area contributed by atoms with Gasteiger partial charge in [-0.25, -0.2) is 4.99 Å². The van der Waals surface area contributed by atoms with Gasteiger partial charge in [0.05, 0.1) is 22.8 Å². The summed E-state index contributed by atoms with van der Waals surface area (Å²) in [6.45, 7) is 0. The predicted molar refractivity (Wildman–Crippen MR) is 192 cm³/mol. The van der Waals surface area contributed by atoms with E-state index in [4.69, 9.17) is 4.99 Å². The van der Waals surface area contributed by atoms with Crippen molar-refractivity contribution in [2.45, 2.75) is 6.04 Å². The van der Waals surface area contributed by atoms with Crippen LogP contribution in [0, 0.1) is 0 Å². The topological polar surface area (TPSA) is 20.5 Å². The van der Waals surface area contributed by atoms with Crippen molar-refractivity contribution in [2.24, 2.45) is 4.99 Å². The Bertz CT molecular complexity index is 2430. The van der Waals surface area contributed by atoms with Gasteiger partial charge in [-0.15, -0.1) is 11.3 Å². The molecule has 9 rings (SSSR count). The number of fused-ring (bicyclic) bond motifs is 7. The number of amidine groups is 1. The fraction of sp³-hybridized carbons (Fsp3) is 0.0488. The molecule has 8 aromatic rings. The molecule has 4 heteroatoms. The number of benzene rings is 6. The average molecular weight is 596 g/mol. The molecule has 0 saturated heterocycles. The number of nitrogens with zero attached hydrogens (tertiary/aromatic N) is 3. The second-order valence-corrected chi connectivity index (χ2v) is 12.7. The second-order valence-electron chi connectivity index (χ2n) is 11.7. The first-order valence-corrected chi connectivity index (χ1v) is 16.1. The van der Waals surface area contributed by atoms with Gasteiger partial charge in [0.15, 0.2) is 0 Å². The molecule has 0 bridgehead atoms. The second kappa shape index (κ2) is 10.3. The molecular formula is C41H29N3S. The van der Waals surface area contributed by atoms with Crippen molar-refractivity contribution in [3.8, 4) is 5.69 Å². The average Bonchev–Trinajstić information content (AvgIpc) is 3.65. The number of aromatic nitrogens is 1. The summed E-state index contributed by atoms with van der Waals surface area (Å²) in [7, 11) is 2.16. The van der Waals surface area contributed by atoms with E-state index < -0.39 is 0 Å². The normalized spacial score (nSPS) is 15.2. The van der Waals surface area contributed by atoms with Gasteiger partial charge in [0.25, 0.3) is 0 Å². The molecule has 1 unspecified atom stereocenters. The lowest BCUT2D eigenvalue weighted by molar-refractivity contribution is 0.435. The van der Waals surface area contributed by atoms with Crippen molar-refractivity contribution in [1.82, 2.24) is 9.47 Å². The van der Waals surface area contributed by atoms with Crippen LogP contribution in [0.1, 0.15) is 22.7 Å². The Morgan fingerprint density at radius 1 is 0.600 bits per heavy atom. The number of aliphatic imine (C=N–C) groups is 1. The van der Waals surface area contributed by atoms with Gasteiger partial charge in [0.1, 0.15) is 5.84 Å². The quantitative estimate of drug-likeness (QED) is 0.198. The van der Waals surface area contributed by atoms with Crippen LogP contribution in [0.3, 0.4) is 0 Å². The van der Waals surface area contributed by atoms with Gasteiger partial charge >= 0.3 is 0 Å². The van der Waals surface area contributed by atoms with E-state index in [0.717, 1.165) is 28.3 Å². The third-order valence-corrected chi connectivity index (χ3v) is 10.3. The van der Waals surface area contributed by atoms with Crippen LogP contribution in [0.5, 0.6) is 0 Å². The third-order valence-electron chi connectivity index (χ3n) is 9.05. The number of thiophene rings is 1. The molecule has 3 heterocycles. The Morgan fingerprint density at radius 2 is 1.29 bits per heavy atom. The molecular weight excluding hydrogens is 567 g/mol. The molecule has 6 aromatic carbocycles. The van der Waals surface area contributed by atoms with E-state index in [1.54, 1.807) is 0 Å². The van der Waals surface area contributed by atoms with E-state index >= 15 is 0 Å². The Morgan fingerprint density at radius 3 is 2.09 bits per heavy atom. The van der Waals surface area contributed by atoms with Crippen molar-refractivity contribution in [3.05, 3.63) is 168 Å². The Labute approximate surface area is 265 Å². The molecule has 0 radical (unpaired) electrons. The van der Waals surface area contributed by atoms with Gasteiger partial charge in [0.2, 0.25) is 0 Å². The monoisotopic (exact) mass is 595 g/mol. The van der Waals surface area contributed by atoms with Gasteiger partial charge in [-0.05, 0) is 59.7 Å². The van der Waals surface area contributed by atoms with Gasteiger partial charge in [0, 0.05) is 49.2 Å². The zero-order valence-corrected chi connectivity index (χ0v) is 25.6. The van der Waals surface area contributed by atoms with E-state index in [2.05, 4.69) is 168 Å². The molecule has 214 valence electrons. The zero-order valence-electron chi connectivity index (χ0n) is 24.8. The van der Waals surface area contributed by atoms with Crippen LogP contribution in [0.4, 0.5) is 0 Å². The number of likely N-dealkylation sites (N-methyl/N-ethyl adjacent to an activating group) is 1. The molecule has 0 fully saturated rings. The molecule has 45 heavy (non-hydrogen) atoms. The Kier molecular flexibility index (Phi) is 5.97. The lowest BCUT2D eigenvalue weighted by atomic mass is 9.98. The van der Waals surface area contributed by atoms with Crippen molar-refractivity contribution in [3.63, 3.8) is 0 Å². The van der Waals surface area contributed by atoms with Crippen molar-refractivity contribution in [1.29, 1.82) is 0 Å². The highest BCUT2D eigenvalue weighted by molar-refractivity contribution is 7.26. The third kappa shape index (κ3) is 4.14.